The Labute approximate surface area is 166 Å². The quantitative estimate of drug-likeness (QED) is 0.577. The molecule has 0 bridgehead atoms. The van der Waals surface area contributed by atoms with Crippen molar-refractivity contribution >= 4 is 17.3 Å². The first kappa shape index (κ1) is 19.5. The lowest BCUT2D eigenvalue weighted by Crippen LogP contribution is -2.21. The van der Waals surface area contributed by atoms with Crippen LogP contribution in [0.25, 0.3) is 0 Å². The Morgan fingerprint density at radius 2 is 1.50 bits per heavy atom. The monoisotopic (exact) mass is 374 g/mol. The molecule has 4 nitrogen and oxygen atoms in total. The molecular formula is C24H26N2O2. The van der Waals surface area contributed by atoms with Gasteiger partial charge in [0, 0.05) is 24.5 Å². The minimum absolute atomic E-state index is 0.181. The highest BCUT2D eigenvalue weighted by atomic mass is 16.5. The molecule has 0 saturated carbocycles. The summed E-state index contributed by atoms with van der Waals surface area (Å²) >= 11 is 0. The van der Waals surface area contributed by atoms with Crippen molar-refractivity contribution in [3.05, 3.63) is 90.0 Å². The fourth-order valence-electron chi connectivity index (χ4n) is 3.06. The summed E-state index contributed by atoms with van der Waals surface area (Å²) in [5.74, 6) is 0.392. The predicted octanol–water partition coefficient (Wildman–Crippen LogP) is 5.36. The molecule has 0 radical (unpaired) electrons. The molecule has 0 saturated heterocycles. The Balaban J connectivity index is 1.69. The van der Waals surface area contributed by atoms with E-state index in [-0.39, 0.29) is 5.91 Å². The number of nitrogens with zero attached hydrogens (tertiary/aromatic N) is 1. The van der Waals surface area contributed by atoms with E-state index in [9.17, 15) is 4.79 Å². The van der Waals surface area contributed by atoms with Crippen molar-refractivity contribution in [1.82, 2.24) is 0 Å². The summed E-state index contributed by atoms with van der Waals surface area (Å²) in [6.07, 6.45) is 0. The second-order valence-corrected chi connectivity index (χ2v) is 6.44. The van der Waals surface area contributed by atoms with Crippen molar-refractivity contribution in [3.63, 3.8) is 0 Å². The Kier molecular flexibility index (Phi) is 6.68. The van der Waals surface area contributed by atoms with Gasteiger partial charge in [-0.05, 0) is 55.8 Å². The van der Waals surface area contributed by atoms with Crippen LogP contribution >= 0.6 is 0 Å². The molecule has 1 amide bonds. The van der Waals surface area contributed by atoms with Crippen LogP contribution in [0.4, 0.5) is 11.4 Å². The van der Waals surface area contributed by atoms with Gasteiger partial charge in [-0.15, -0.1) is 0 Å². The summed E-state index contributed by atoms with van der Waals surface area (Å²) in [5, 5.41) is 2.96. The number of carbonyl (C=O) groups excluding carboxylic acids is 1. The van der Waals surface area contributed by atoms with Gasteiger partial charge in [0.15, 0.2) is 0 Å². The summed E-state index contributed by atoms with van der Waals surface area (Å²) in [5.41, 5.74) is 3.49. The maximum atomic E-state index is 12.8. The van der Waals surface area contributed by atoms with Gasteiger partial charge in [-0.25, -0.2) is 0 Å². The smallest absolute Gasteiger partial charge is 0.259 e. The van der Waals surface area contributed by atoms with Crippen LogP contribution in [0.2, 0.25) is 0 Å². The summed E-state index contributed by atoms with van der Waals surface area (Å²) in [6.45, 7) is 6.59. The molecule has 3 rings (SSSR count). The zero-order chi connectivity index (χ0) is 19.8. The van der Waals surface area contributed by atoms with Gasteiger partial charge in [0.1, 0.15) is 12.4 Å². The third kappa shape index (κ3) is 4.92. The second kappa shape index (κ2) is 9.60. The van der Waals surface area contributed by atoms with E-state index < -0.39 is 0 Å². The van der Waals surface area contributed by atoms with E-state index in [0.717, 1.165) is 30.0 Å². The van der Waals surface area contributed by atoms with Crippen LogP contribution in [-0.2, 0) is 6.61 Å². The zero-order valence-corrected chi connectivity index (χ0v) is 16.4. The predicted molar refractivity (Wildman–Crippen MR) is 115 cm³/mol. The highest BCUT2D eigenvalue weighted by Gasteiger charge is 2.13. The van der Waals surface area contributed by atoms with E-state index >= 15 is 0 Å². The molecule has 0 heterocycles. The molecule has 144 valence electrons. The zero-order valence-electron chi connectivity index (χ0n) is 16.4. The van der Waals surface area contributed by atoms with Gasteiger partial charge in [0.05, 0.1) is 5.56 Å². The number of hydrogen-bond acceptors (Lipinski definition) is 3. The third-order valence-corrected chi connectivity index (χ3v) is 4.62. The molecular weight excluding hydrogens is 348 g/mol. The number of carbonyl (C=O) groups is 1. The summed E-state index contributed by atoms with van der Waals surface area (Å²) in [6, 6.07) is 25.1. The van der Waals surface area contributed by atoms with E-state index in [4.69, 9.17) is 4.74 Å². The van der Waals surface area contributed by atoms with E-state index in [1.807, 2.05) is 72.8 Å². The molecule has 0 aliphatic carbocycles. The average Bonchev–Trinajstić information content (AvgIpc) is 2.75. The molecule has 0 aliphatic heterocycles. The Morgan fingerprint density at radius 1 is 0.857 bits per heavy atom. The maximum Gasteiger partial charge on any atom is 0.259 e. The van der Waals surface area contributed by atoms with Gasteiger partial charge in [-0.3, -0.25) is 4.79 Å². The fraction of sp³-hybridized carbons (Fsp3) is 0.208. The standard InChI is InChI=1S/C24H26N2O2/c1-3-26(4-2)21-16-14-20(15-17-21)25-24(27)22-12-8-9-13-23(22)28-18-19-10-6-5-7-11-19/h5-17H,3-4,18H2,1-2H3,(H,25,27). The number of rotatable bonds is 8. The van der Waals surface area contributed by atoms with Gasteiger partial charge in [-0.1, -0.05) is 42.5 Å². The first-order chi connectivity index (χ1) is 13.7. The fourth-order valence-corrected chi connectivity index (χ4v) is 3.06. The third-order valence-electron chi connectivity index (χ3n) is 4.62. The lowest BCUT2D eigenvalue weighted by Gasteiger charge is -2.21. The number of hydrogen-bond donors (Lipinski definition) is 1. The van der Waals surface area contributed by atoms with Crippen molar-refractivity contribution in [3.8, 4) is 5.75 Å². The molecule has 28 heavy (non-hydrogen) atoms. The Bertz CT molecular complexity index is 888. The van der Waals surface area contributed by atoms with Crippen molar-refractivity contribution in [2.45, 2.75) is 20.5 Å². The number of nitrogens with one attached hydrogen (secondary N) is 1. The van der Waals surface area contributed by atoms with Gasteiger partial charge >= 0.3 is 0 Å². The molecule has 0 atom stereocenters. The number of benzene rings is 3. The highest BCUT2D eigenvalue weighted by Crippen LogP contribution is 2.22. The van der Waals surface area contributed by atoms with E-state index in [2.05, 4.69) is 24.1 Å². The SMILES string of the molecule is CCN(CC)c1ccc(NC(=O)c2ccccc2OCc2ccccc2)cc1. The normalized spacial score (nSPS) is 10.4. The molecule has 0 aliphatic rings. The lowest BCUT2D eigenvalue weighted by molar-refractivity contribution is 0.102. The number of ether oxygens (including phenoxy) is 1. The molecule has 3 aromatic rings. The molecule has 0 aromatic heterocycles. The van der Waals surface area contributed by atoms with E-state index in [1.165, 1.54) is 0 Å². The first-order valence-corrected chi connectivity index (χ1v) is 9.63. The maximum absolute atomic E-state index is 12.8. The van der Waals surface area contributed by atoms with Crippen LogP contribution in [0.5, 0.6) is 5.75 Å². The van der Waals surface area contributed by atoms with Gasteiger partial charge < -0.3 is 15.0 Å². The Morgan fingerprint density at radius 3 is 2.18 bits per heavy atom. The summed E-state index contributed by atoms with van der Waals surface area (Å²) < 4.78 is 5.89. The van der Waals surface area contributed by atoms with Crippen molar-refractivity contribution in [2.24, 2.45) is 0 Å². The first-order valence-electron chi connectivity index (χ1n) is 9.63. The lowest BCUT2D eigenvalue weighted by atomic mass is 10.1. The van der Waals surface area contributed by atoms with Crippen LogP contribution < -0.4 is 15.0 Å². The average molecular weight is 374 g/mol. The number of anilines is 2. The van der Waals surface area contributed by atoms with Crippen LogP contribution in [0.15, 0.2) is 78.9 Å². The van der Waals surface area contributed by atoms with Crippen molar-refractivity contribution in [1.29, 1.82) is 0 Å². The van der Waals surface area contributed by atoms with Gasteiger partial charge in [0.2, 0.25) is 0 Å². The van der Waals surface area contributed by atoms with Crippen molar-refractivity contribution in [2.75, 3.05) is 23.3 Å². The molecule has 4 heteroatoms. The van der Waals surface area contributed by atoms with Crippen LogP contribution in [0.3, 0.4) is 0 Å². The number of amides is 1. The van der Waals surface area contributed by atoms with Crippen LogP contribution in [0, 0.1) is 0 Å². The van der Waals surface area contributed by atoms with E-state index in [0.29, 0.717) is 17.9 Å². The molecule has 3 aromatic carbocycles. The van der Waals surface area contributed by atoms with Gasteiger partial charge in [-0.2, -0.15) is 0 Å². The van der Waals surface area contributed by atoms with Crippen LogP contribution in [0.1, 0.15) is 29.8 Å². The highest BCUT2D eigenvalue weighted by molar-refractivity contribution is 6.06. The molecule has 0 unspecified atom stereocenters. The number of para-hydroxylation sites is 1. The van der Waals surface area contributed by atoms with Gasteiger partial charge in [0.25, 0.3) is 5.91 Å². The molecule has 0 fully saturated rings. The largest absolute Gasteiger partial charge is 0.488 e. The molecule has 1 N–H and O–H groups in total. The Hall–Kier alpha value is -3.27. The second-order valence-electron chi connectivity index (χ2n) is 6.44. The molecule has 0 spiro atoms. The minimum atomic E-state index is -0.181. The van der Waals surface area contributed by atoms with E-state index in [1.54, 1.807) is 6.07 Å². The topological polar surface area (TPSA) is 41.6 Å². The minimum Gasteiger partial charge on any atom is -0.488 e. The summed E-state index contributed by atoms with van der Waals surface area (Å²) in [4.78, 5) is 15.0. The van der Waals surface area contributed by atoms with Crippen LogP contribution in [-0.4, -0.2) is 19.0 Å². The van der Waals surface area contributed by atoms with Crippen molar-refractivity contribution < 1.29 is 9.53 Å². The summed E-state index contributed by atoms with van der Waals surface area (Å²) in [7, 11) is 0.